The molecule has 0 spiro atoms. The number of hydrogen-bond donors (Lipinski definition) is 1. The third-order valence-corrected chi connectivity index (χ3v) is 3.84. The van der Waals surface area contributed by atoms with Gasteiger partial charge in [0.25, 0.3) is 5.91 Å². The number of ether oxygens (including phenoxy) is 1. The molecular weight excluding hydrogens is 254 g/mol. The second-order valence-electron chi connectivity index (χ2n) is 5.21. The first kappa shape index (κ1) is 13.1. The topological polar surface area (TPSA) is 58.2 Å². The number of hydrogen-bond acceptors (Lipinski definition) is 3. The number of nitrogens with zero attached hydrogens (tertiary/aromatic N) is 2. The van der Waals surface area contributed by atoms with Gasteiger partial charge in [0.05, 0.1) is 24.0 Å². The first-order chi connectivity index (χ1) is 9.78. The van der Waals surface area contributed by atoms with Crippen molar-refractivity contribution in [2.75, 3.05) is 26.3 Å². The van der Waals surface area contributed by atoms with E-state index in [1.807, 2.05) is 30.0 Å². The van der Waals surface area contributed by atoms with Crippen molar-refractivity contribution in [1.82, 2.24) is 14.9 Å². The van der Waals surface area contributed by atoms with Gasteiger partial charge in [-0.1, -0.05) is 0 Å². The number of nitrogens with one attached hydrogen (secondary N) is 1. The van der Waals surface area contributed by atoms with Crippen LogP contribution in [0.1, 0.15) is 23.7 Å². The summed E-state index contributed by atoms with van der Waals surface area (Å²) in [6.45, 7) is 5.09. The van der Waals surface area contributed by atoms with Gasteiger partial charge in [0.1, 0.15) is 0 Å². The molecule has 1 saturated heterocycles. The van der Waals surface area contributed by atoms with Gasteiger partial charge in [0.15, 0.2) is 0 Å². The van der Waals surface area contributed by atoms with E-state index < -0.39 is 0 Å². The molecule has 2 heterocycles. The van der Waals surface area contributed by atoms with Gasteiger partial charge in [-0.2, -0.15) is 0 Å². The van der Waals surface area contributed by atoms with Gasteiger partial charge in [-0.05, 0) is 31.5 Å². The zero-order valence-electron chi connectivity index (χ0n) is 11.6. The highest BCUT2D eigenvalue weighted by Crippen LogP contribution is 2.17. The normalized spacial score (nSPS) is 18.6. The van der Waals surface area contributed by atoms with E-state index in [1.54, 1.807) is 6.33 Å². The number of fused-ring (bicyclic) bond motifs is 1. The van der Waals surface area contributed by atoms with Crippen LogP contribution in [0.3, 0.4) is 0 Å². The fourth-order valence-electron chi connectivity index (χ4n) is 2.65. The molecule has 1 aliphatic rings. The van der Waals surface area contributed by atoms with Crippen LogP contribution in [-0.4, -0.2) is 47.1 Å². The summed E-state index contributed by atoms with van der Waals surface area (Å²) in [6, 6.07) is 5.60. The minimum atomic E-state index is 0.0795. The highest BCUT2D eigenvalue weighted by atomic mass is 16.5. The van der Waals surface area contributed by atoms with Gasteiger partial charge < -0.3 is 14.6 Å². The maximum Gasteiger partial charge on any atom is 0.253 e. The fourth-order valence-corrected chi connectivity index (χ4v) is 2.65. The quantitative estimate of drug-likeness (QED) is 0.927. The number of aromatic nitrogens is 2. The maximum atomic E-state index is 12.6. The third kappa shape index (κ3) is 2.54. The highest BCUT2D eigenvalue weighted by molar-refractivity contribution is 5.97. The van der Waals surface area contributed by atoms with Crippen molar-refractivity contribution in [2.45, 2.75) is 13.3 Å². The van der Waals surface area contributed by atoms with E-state index in [-0.39, 0.29) is 5.91 Å². The summed E-state index contributed by atoms with van der Waals surface area (Å²) in [6.07, 6.45) is 2.69. The molecule has 0 radical (unpaired) electrons. The lowest BCUT2D eigenvalue weighted by atomic mass is 10.1. The Morgan fingerprint density at radius 1 is 1.55 bits per heavy atom. The summed E-state index contributed by atoms with van der Waals surface area (Å²) in [7, 11) is 0. The summed E-state index contributed by atoms with van der Waals surface area (Å²) in [4.78, 5) is 21.7. The molecular formula is C15H19N3O2. The molecule has 1 N–H and O–H groups in total. The second kappa shape index (κ2) is 5.63. The van der Waals surface area contributed by atoms with Crippen LogP contribution in [-0.2, 0) is 4.74 Å². The lowest BCUT2D eigenvalue weighted by Gasteiger charge is -2.23. The molecule has 3 rings (SSSR count). The standard InChI is InChI=1S/C15H19N3O2/c1-2-18(8-11-5-6-20-9-11)15(19)12-3-4-13-14(7-12)17-10-16-13/h3-4,7,10-11H,2,5-6,8-9H2,1H3,(H,16,17). The average molecular weight is 273 g/mol. The first-order valence-corrected chi connectivity index (χ1v) is 7.08. The molecule has 1 amide bonds. The molecule has 1 aromatic heterocycles. The molecule has 0 saturated carbocycles. The number of aromatic amines is 1. The van der Waals surface area contributed by atoms with E-state index in [4.69, 9.17) is 4.74 Å². The number of rotatable bonds is 4. The summed E-state index contributed by atoms with van der Waals surface area (Å²) in [5.74, 6) is 0.547. The Balaban J connectivity index is 1.77. The molecule has 1 atom stereocenters. The Morgan fingerprint density at radius 3 is 3.20 bits per heavy atom. The number of benzene rings is 1. The minimum absolute atomic E-state index is 0.0795. The van der Waals surface area contributed by atoms with Gasteiger partial charge >= 0.3 is 0 Å². The van der Waals surface area contributed by atoms with Crippen molar-refractivity contribution >= 4 is 16.9 Å². The Morgan fingerprint density at radius 2 is 2.45 bits per heavy atom. The molecule has 106 valence electrons. The number of amides is 1. The molecule has 5 heteroatoms. The average Bonchev–Trinajstić information content (AvgIpc) is 3.14. The fraction of sp³-hybridized carbons (Fsp3) is 0.467. The summed E-state index contributed by atoms with van der Waals surface area (Å²) >= 11 is 0. The van der Waals surface area contributed by atoms with Crippen molar-refractivity contribution in [3.8, 4) is 0 Å². The minimum Gasteiger partial charge on any atom is -0.381 e. The van der Waals surface area contributed by atoms with Crippen LogP contribution in [0, 0.1) is 5.92 Å². The van der Waals surface area contributed by atoms with Crippen molar-refractivity contribution in [3.63, 3.8) is 0 Å². The van der Waals surface area contributed by atoms with Gasteiger partial charge in [0.2, 0.25) is 0 Å². The second-order valence-corrected chi connectivity index (χ2v) is 5.21. The lowest BCUT2D eigenvalue weighted by molar-refractivity contribution is 0.0731. The van der Waals surface area contributed by atoms with Crippen molar-refractivity contribution < 1.29 is 9.53 Å². The molecule has 1 aliphatic heterocycles. The molecule has 0 aliphatic carbocycles. The largest absolute Gasteiger partial charge is 0.381 e. The third-order valence-electron chi connectivity index (χ3n) is 3.84. The van der Waals surface area contributed by atoms with Crippen LogP contribution < -0.4 is 0 Å². The molecule has 20 heavy (non-hydrogen) atoms. The van der Waals surface area contributed by atoms with E-state index in [0.717, 1.165) is 43.8 Å². The zero-order chi connectivity index (χ0) is 13.9. The van der Waals surface area contributed by atoms with Gasteiger partial charge in [0, 0.05) is 31.2 Å². The van der Waals surface area contributed by atoms with Crippen molar-refractivity contribution in [1.29, 1.82) is 0 Å². The predicted octanol–water partition coefficient (Wildman–Crippen LogP) is 2.06. The molecule has 1 unspecified atom stereocenters. The smallest absolute Gasteiger partial charge is 0.253 e. The summed E-state index contributed by atoms with van der Waals surface area (Å²) < 4.78 is 5.38. The monoisotopic (exact) mass is 273 g/mol. The summed E-state index contributed by atoms with van der Waals surface area (Å²) in [5, 5.41) is 0. The number of carbonyl (C=O) groups is 1. The van der Waals surface area contributed by atoms with E-state index >= 15 is 0 Å². The van der Waals surface area contributed by atoms with Crippen LogP contribution >= 0.6 is 0 Å². The van der Waals surface area contributed by atoms with Crippen LogP contribution in [0.25, 0.3) is 11.0 Å². The molecule has 0 bridgehead atoms. The van der Waals surface area contributed by atoms with Crippen LogP contribution in [0.5, 0.6) is 0 Å². The van der Waals surface area contributed by atoms with Crippen LogP contribution in [0.2, 0.25) is 0 Å². The van der Waals surface area contributed by atoms with E-state index in [0.29, 0.717) is 11.5 Å². The van der Waals surface area contributed by atoms with Gasteiger partial charge in [-0.15, -0.1) is 0 Å². The van der Waals surface area contributed by atoms with E-state index in [1.165, 1.54) is 0 Å². The SMILES string of the molecule is CCN(CC1CCOC1)C(=O)c1ccc2nc[nH]c2c1. The van der Waals surface area contributed by atoms with Gasteiger partial charge in [-0.25, -0.2) is 4.98 Å². The Bertz CT molecular complexity index is 602. The molecule has 1 aromatic carbocycles. The first-order valence-electron chi connectivity index (χ1n) is 7.08. The Kier molecular flexibility index (Phi) is 3.69. The lowest BCUT2D eigenvalue weighted by Crippen LogP contribution is -2.35. The summed E-state index contributed by atoms with van der Waals surface area (Å²) in [5.41, 5.74) is 2.49. The van der Waals surface area contributed by atoms with E-state index in [2.05, 4.69) is 9.97 Å². The van der Waals surface area contributed by atoms with Crippen LogP contribution in [0.4, 0.5) is 0 Å². The Labute approximate surface area is 117 Å². The van der Waals surface area contributed by atoms with Crippen LogP contribution in [0.15, 0.2) is 24.5 Å². The zero-order valence-corrected chi connectivity index (χ0v) is 11.6. The predicted molar refractivity (Wildman–Crippen MR) is 76.6 cm³/mol. The molecule has 2 aromatic rings. The van der Waals surface area contributed by atoms with Crippen molar-refractivity contribution in [2.24, 2.45) is 5.92 Å². The number of imidazole rings is 1. The maximum absolute atomic E-state index is 12.6. The number of carbonyl (C=O) groups excluding carboxylic acids is 1. The van der Waals surface area contributed by atoms with Gasteiger partial charge in [-0.3, -0.25) is 4.79 Å². The van der Waals surface area contributed by atoms with E-state index in [9.17, 15) is 4.79 Å². The van der Waals surface area contributed by atoms with Crippen molar-refractivity contribution in [3.05, 3.63) is 30.1 Å². The highest BCUT2D eigenvalue weighted by Gasteiger charge is 2.22. The molecule has 5 nitrogen and oxygen atoms in total. The Hall–Kier alpha value is -1.88. The number of H-pyrrole nitrogens is 1. The molecule has 1 fully saturated rings.